The first-order valence-corrected chi connectivity index (χ1v) is 26.3. The molecule has 0 fully saturated rings. The lowest BCUT2D eigenvalue weighted by Crippen LogP contribution is -2.30. The van der Waals surface area contributed by atoms with Gasteiger partial charge in [0.2, 0.25) is 0 Å². The SMILES string of the molecule is CCCCC/C=C\CCCCCCCC(=O)OCC(COC(=O)CCCCCCCCCCCCCCCCCCCC)OC(=O)CCCCCCC/C=C\CCCCC. The highest BCUT2D eigenvalue weighted by molar-refractivity contribution is 5.71. The van der Waals surface area contributed by atoms with Crippen molar-refractivity contribution in [2.75, 3.05) is 13.2 Å². The first kappa shape index (κ1) is 57.9. The smallest absolute Gasteiger partial charge is 0.306 e. The van der Waals surface area contributed by atoms with Crippen molar-refractivity contribution >= 4 is 17.9 Å². The molecule has 0 aromatic heterocycles. The summed E-state index contributed by atoms with van der Waals surface area (Å²) in [7, 11) is 0. The molecule has 0 rings (SSSR count). The summed E-state index contributed by atoms with van der Waals surface area (Å²) in [5.74, 6) is -0.880. The van der Waals surface area contributed by atoms with Gasteiger partial charge in [0.25, 0.3) is 0 Å². The monoisotopic (exact) mass is 845 g/mol. The zero-order valence-corrected chi connectivity index (χ0v) is 40.2. The van der Waals surface area contributed by atoms with E-state index in [2.05, 4.69) is 45.1 Å². The molecule has 0 saturated carbocycles. The third-order valence-electron chi connectivity index (χ3n) is 11.7. The predicted molar refractivity (Wildman–Crippen MR) is 256 cm³/mol. The van der Waals surface area contributed by atoms with Crippen molar-refractivity contribution in [1.29, 1.82) is 0 Å². The van der Waals surface area contributed by atoms with Crippen molar-refractivity contribution in [2.24, 2.45) is 0 Å². The van der Waals surface area contributed by atoms with Gasteiger partial charge in [-0.2, -0.15) is 0 Å². The Balaban J connectivity index is 4.30. The average Bonchev–Trinajstić information content (AvgIpc) is 3.24. The van der Waals surface area contributed by atoms with Gasteiger partial charge >= 0.3 is 17.9 Å². The molecule has 0 radical (unpaired) electrons. The molecule has 0 aromatic carbocycles. The van der Waals surface area contributed by atoms with Gasteiger partial charge < -0.3 is 14.2 Å². The van der Waals surface area contributed by atoms with Crippen LogP contribution in [0, 0.1) is 0 Å². The fourth-order valence-electron chi connectivity index (χ4n) is 7.67. The van der Waals surface area contributed by atoms with Crippen LogP contribution in [0.4, 0.5) is 0 Å². The van der Waals surface area contributed by atoms with Crippen molar-refractivity contribution in [3.63, 3.8) is 0 Å². The molecule has 0 heterocycles. The minimum Gasteiger partial charge on any atom is -0.462 e. The topological polar surface area (TPSA) is 78.9 Å². The van der Waals surface area contributed by atoms with E-state index in [-0.39, 0.29) is 31.1 Å². The van der Waals surface area contributed by atoms with Crippen LogP contribution in [0.15, 0.2) is 24.3 Å². The Hall–Kier alpha value is -2.11. The maximum atomic E-state index is 12.8. The van der Waals surface area contributed by atoms with Gasteiger partial charge in [-0.25, -0.2) is 0 Å². The Morgan fingerprint density at radius 3 is 0.867 bits per heavy atom. The van der Waals surface area contributed by atoms with E-state index < -0.39 is 6.10 Å². The maximum Gasteiger partial charge on any atom is 0.306 e. The van der Waals surface area contributed by atoms with Crippen LogP contribution in [0.25, 0.3) is 0 Å². The number of carbonyl (C=O) groups is 3. The number of hydrogen-bond donors (Lipinski definition) is 0. The molecule has 0 aromatic rings. The summed E-state index contributed by atoms with van der Waals surface area (Å²) in [6.45, 7) is 6.60. The van der Waals surface area contributed by atoms with Crippen LogP contribution in [-0.4, -0.2) is 37.2 Å². The average molecular weight is 845 g/mol. The van der Waals surface area contributed by atoms with E-state index >= 15 is 0 Å². The highest BCUT2D eigenvalue weighted by Crippen LogP contribution is 2.16. The minimum absolute atomic E-state index is 0.0735. The summed E-state index contributed by atoms with van der Waals surface area (Å²) >= 11 is 0. The first-order valence-electron chi connectivity index (χ1n) is 26.3. The largest absolute Gasteiger partial charge is 0.462 e. The zero-order chi connectivity index (χ0) is 43.7. The number of esters is 3. The Labute approximate surface area is 373 Å². The molecule has 0 bridgehead atoms. The highest BCUT2D eigenvalue weighted by atomic mass is 16.6. The third-order valence-corrected chi connectivity index (χ3v) is 11.7. The Morgan fingerprint density at radius 1 is 0.317 bits per heavy atom. The summed E-state index contributed by atoms with van der Waals surface area (Å²) < 4.78 is 16.8. The second-order valence-electron chi connectivity index (χ2n) is 17.8. The van der Waals surface area contributed by atoms with Crippen LogP contribution in [0.5, 0.6) is 0 Å². The van der Waals surface area contributed by atoms with Gasteiger partial charge in [0, 0.05) is 19.3 Å². The van der Waals surface area contributed by atoms with E-state index in [1.165, 1.54) is 173 Å². The molecule has 6 nitrogen and oxygen atoms in total. The molecule has 6 heteroatoms. The Morgan fingerprint density at radius 2 is 0.550 bits per heavy atom. The van der Waals surface area contributed by atoms with Gasteiger partial charge in [0.15, 0.2) is 6.10 Å². The highest BCUT2D eigenvalue weighted by Gasteiger charge is 2.19. The van der Waals surface area contributed by atoms with Crippen molar-refractivity contribution in [1.82, 2.24) is 0 Å². The molecule has 352 valence electrons. The molecule has 0 aliphatic heterocycles. The van der Waals surface area contributed by atoms with E-state index in [9.17, 15) is 14.4 Å². The van der Waals surface area contributed by atoms with Crippen LogP contribution < -0.4 is 0 Å². The van der Waals surface area contributed by atoms with Gasteiger partial charge in [0.05, 0.1) is 0 Å². The lowest BCUT2D eigenvalue weighted by molar-refractivity contribution is -0.167. The molecule has 1 atom stereocenters. The number of rotatable bonds is 48. The fraction of sp³-hybridized carbons (Fsp3) is 0.870. The zero-order valence-electron chi connectivity index (χ0n) is 40.2. The van der Waals surface area contributed by atoms with Gasteiger partial charge in [-0.15, -0.1) is 0 Å². The van der Waals surface area contributed by atoms with E-state index in [1.807, 2.05) is 0 Å². The van der Waals surface area contributed by atoms with Gasteiger partial charge in [-0.1, -0.05) is 218 Å². The normalized spacial score (nSPS) is 12.1. The summed E-state index contributed by atoms with van der Waals surface area (Å²) in [6.07, 6.45) is 55.9. The van der Waals surface area contributed by atoms with Crippen LogP contribution in [0.3, 0.4) is 0 Å². The van der Waals surface area contributed by atoms with Gasteiger partial charge in [-0.3, -0.25) is 14.4 Å². The number of hydrogen-bond acceptors (Lipinski definition) is 6. The van der Waals surface area contributed by atoms with E-state index in [1.54, 1.807) is 0 Å². The summed E-state index contributed by atoms with van der Waals surface area (Å²) in [6, 6.07) is 0. The second-order valence-corrected chi connectivity index (χ2v) is 17.8. The summed E-state index contributed by atoms with van der Waals surface area (Å²) in [5.41, 5.74) is 0. The molecule has 1 unspecified atom stereocenters. The van der Waals surface area contributed by atoms with Gasteiger partial charge in [-0.05, 0) is 70.6 Å². The second kappa shape index (κ2) is 49.5. The summed E-state index contributed by atoms with van der Waals surface area (Å²) in [4.78, 5) is 37.9. The lowest BCUT2D eigenvalue weighted by atomic mass is 10.0. The maximum absolute atomic E-state index is 12.8. The molecule has 0 spiro atoms. The van der Waals surface area contributed by atoms with Crippen molar-refractivity contribution < 1.29 is 28.6 Å². The molecular formula is C54H100O6. The third kappa shape index (κ3) is 46.9. The first-order chi connectivity index (χ1) is 29.5. The van der Waals surface area contributed by atoms with Crippen LogP contribution in [-0.2, 0) is 28.6 Å². The Bertz CT molecular complexity index is 973. The van der Waals surface area contributed by atoms with Crippen LogP contribution in [0.1, 0.15) is 284 Å². The number of ether oxygens (including phenoxy) is 3. The van der Waals surface area contributed by atoms with Crippen LogP contribution >= 0.6 is 0 Å². The summed E-state index contributed by atoms with van der Waals surface area (Å²) in [5, 5.41) is 0. The predicted octanol–water partition coefficient (Wildman–Crippen LogP) is 17.2. The van der Waals surface area contributed by atoms with E-state index in [0.717, 1.165) is 70.6 Å². The molecule has 0 saturated heterocycles. The molecule has 0 amide bonds. The number of carbonyl (C=O) groups excluding carboxylic acids is 3. The van der Waals surface area contributed by atoms with Crippen molar-refractivity contribution in [2.45, 2.75) is 290 Å². The quantitative estimate of drug-likeness (QED) is 0.0263. The molecule has 0 N–H and O–H groups in total. The van der Waals surface area contributed by atoms with Gasteiger partial charge in [0.1, 0.15) is 13.2 Å². The number of unbranched alkanes of at least 4 members (excludes halogenated alkanes) is 33. The van der Waals surface area contributed by atoms with E-state index in [4.69, 9.17) is 14.2 Å². The van der Waals surface area contributed by atoms with Crippen molar-refractivity contribution in [3.05, 3.63) is 24.3 Å². The lowest BCUT2D eigenvalue weighted by Gasteiger charge is -2.18. The molecular weight excluding hydrogens is 745 g/mol. The number of allylic oxidation sites excluding steroid dienone is 4. The molecule has 60 heavy (non-hydrogen) atoms. The minimum atomic E-state index is -0.773. The molecule has 0 aliphatic carbocycles. The fourth-order valence-corrected chi connectivity index (χ4v) is 7.67. The Kier molecular flexibility index (Phi) is 47.8. The molecule has 0 aliphatic rings. The standard InChI is InChI=1S/C54H100O6/c1-4-7-10-13-16-19-22-25-26-27-28-29-30-33-35-38-41-44-47-53(56)59-50-51(60-54(57)48-45-42-39-36-32-24-21-18-15-12-9-6-3)49-58-52(55)46-43-40-37-34-31-23-20-17-14-11-8-5-2/h17-18,20-21,51H,4-16,19,22-50H2,1-3H3/b20-17-,21-18-. The van der Waals surface area contributed by atoms with E-state index in [0.29, 0.717) is 19.3 Å². The van der Waals surface area contributed by atoms with Crippen molar-refractivity contribution in [3.8, 4) is 0 Å². The van der Waals surface area contributed by atoms with Crippen LogP contribution in [0.2, 0.25) is 0 Å².